The van der Waals surface area contributed by atoms with Gasteiger partial charge in [-0.05, 0) is 36.0 Å². The second-order valence-electron chi connectivity index (χ2n) is 3.73. The van der Waals surface area contributed by atoms with Crippen LogP contribution in [0.3, 0.4) is 0 Å². The number of ether oxygens (including phenoxy) is 1. The van der Waals surface area contributed by atoms with E-state index in [4.69, 9.17) is 4.74 Å². The summed E-state index contributed by atoms with van der Waals surface area (Å²) in [6.45, 7) is -0.229. The molecular formula is C15H12O3S. The van der Waals surface area contributed by atoms with E-state index in [9.17, 15) is 9.59 Å². The molecule has 2 rings (SSSR count). The number of benzene rings is 2. The minimum atomic E-state index is -0.484. The molecule has 3 nitrogen and oxygen atoms in total. The number of hydrogen-bond acceptors (Lipinski definition) is 4. The standard InChI is InChI=1S/C15H12O3S/c16-14(19-13-9-5-2-6-10-13)11-18-15(17)12-7-3-1-4-8-12/h1-10H,11H2. The molecule has 2 aromatic carbocycles. The van der Waals surface area contributed by atoms with Crippen molar-refractivity contribution in [2.75, 3.05) is 6.61 Å². The number of rotatable bonds is 4. The van der Waals surface area contributed by atoms with Gasteiger partial charge in [-0.15, -0.1) is 0 Å². The van der Waals surface area contributed by atoms with Crippen LogP contribution in [0.25, 0.3) is 0 Å². The van der Waals surface area contributed by atoms with Crippen LogP contribution in [0, 0.1) is 0 Å². The Labute approximate surface area is 115 Å². The minimum Gasteiger partial charge on any atom is -0.453 e. The Bertz CT molecular complexity index is 552. The first-order valence-corrected chi connectivity index (χ1v) is 6.55. The first-order chi connectivity index (χ1) is 9.25. The predicted molar refractivity (Wildman–Crippen MR) is 74.0 cm³/mol. The summed E-state index contributed by atoms with van der Waals surface area (Å²) in [6.07, 6.45) is 0. The van der Waals surface area contributed by atoms with Crippen LogP contribution in [-0.4, -0.2) is 17.7 Å². The minimum absolute atomic E-state index is 0.199. The lowest BCUT2D eigenvalue weighted by Crippen LogP contribution is -2.11. The van der Waals surface area contributed by atoms with E-state index in [0.717, 1.165) is 16.7 Å². The number of carbonyl (C=O) groups excluding carboxylic acids is 2. The number of carbonyl (C=O) groups is 2. The third kappa shape index (κ3) is 4.26. The average Bonchev–Trinajstić information content (AvgIpc) is 2.47. The van der Waals surface area contributed by atoms with Gasteiger partial charge in [-0.25, -0.2) is 4.79 Å². The van der Waals surface area contributed by atoms with Gasteiger partial charge >= 0.3 is 5.97 Å². The fourth-order valence-corrected chi connectivity index (χ4v) is 2.11. The Morgan fingerprint density at radius 2 is 1.47 bits per heavy atom. The first-order valence-electron chi connectivity index (χ1n) is 5.73. The predicted octanol–water partition coefficient (Wildman–Crippen LogP) is 3.16. The summed E-state index contributed by atoms with van der Waals surface area (Å²) < 4.78 is 4.95. The van der Waals surface area contributed by atoms with Crippen LogP contribution in [0.15, 0.2) is 65.6 Å². The lowest BCUT2D eigenvalue weighted by atomic mass is 10.2. The maximum Gasteiger partial charge on any atom is 0.338 e. The molecule has 0 saturated carbocycles. The number of thioether (sulfide) groups is 1. The largest absolute Gasteiger partial charge is 0.453 e. The van der Waals surface area contributed by atoms with Gasteiger partial charge in [-0.3, -0.25) is 4.79 Å². The van der Waals surface area contributed by atoms with Gasteiger partial charge in [0, 0.05) is 4.90 Å². The van der Waals surface area contributed by atoms with Crippen molar-refractivity contribution in [3.8, 4) is 0 Å². The molecule has 0 amide bonds. The van der Waals surface area contributed by atoms with Crippen LogP contribution in [-0.2, 0) is 9.53 Å². The zero-order chi connectivity index (χ0) is 13.5. The Kier molecular flexibility index (Phi) is 4.75. The Morgan fingerprint density at radius 1 is 0.895 bits per heavy atom. The summed E-state index contributed by atoms with van der Waals surface area (Å²) in [4.78, 5) is 24.1. The Morgan fingerprint density at radius 3 is 2.11 bits per heavy atom. The fourth-order valence-electron chi connectivity index (χ4n) is 1.43. The second-order valence-corrected chi connectivity index (χ2v) is 4.86. The maximum atomic E-state index is 11.6. The molecular weight excluding hydrogens is 260 g/mol. The zero-order valence-electron chi connectivity index (χ0n) is 10.1. The van der Waals surface area contributed by atoms with Crippen molar-refractivity contribution < 1.29 is 14.3 Å². The van der Waals surface area contributed by atoms with Crippen molar-refractivity contribution in [1.82, 2.24) is 0 Å². The molecule has 19 heavy (non-hydrogen) atoms. The SMILES string of the molecule is O=C(COC(=O)c1ccccc1)Sc1ccccc1. The zero-order valence-corrected chi connectivity index (χ0v) is 10.9. The highest BCUT2D eigenvalue weighted by atomic mass is 32.2. The third-order valence-corrected chi connectivity index (χ3v) is 3.16. The molecule has 0 bridgehead atoms. The van der Waals surface area contributed by atoms with Crippen LogP contribution in [0.1, 0.15) is 10.4 Å². The van der Waals surface area contributed by atoms with Gasteiger partial charge in [0.05, 0.1) is 5.56 Å². The van der Waals surface area contributed by atoms with E-state index in [0.29, 0.717) is 5.56 Å². The second kappa shape index (κ2) is 6.75. The van der Waals surface area contributed by atoms with Crippen molar-refractivity contribution >= 4 is 22.8 Å². The summed E-state index contributed by atoms with van der Waals surface area (Å²) in [7, 11) is 0. The lowest BCUT2D eigenvalue weighted by Gasteiger charge is -2.03. The van der Waals surface area contributed by atoms with Crippen LogP contribution < -0.4 is 0 Å². The Balaban J connectivity index is 1.83. The normalized spacial score (nSPS) is 9.89. The van der Waals surface area contributed by atoms with Gasteiger partial charge < -0.3 is 4.74 Å². The number of esters is 1. The molecule has 0 aliphatic carbocycles. The molecule has 0 spiro atoms. The molecule has 0 radical (unpaired) electrons. The van der Waals surface area contributed by atoms with E-state index >= 15 is 0 Å². The van der Waals surface area contributed by atoms with Gasteiger partial charge in [0.1, 0.15) is 0 Å². The summed E-state index contributed by atoms with van der Waals surface area (Å²) in [5.74, 6) is -0.484. The molecule has 0 aliphatic rings. The number of hydrogen-bond donors (Lipinski definition) is 0. The highest BCUT2D eigenvalue weighted by molar-refractivity contribution is 8.13. The van der Waals surface area contributed by atoms with Crippen LogP contribution >= 0.6 is 11.8 Å². The van der Waals surface area contributed by atoms with E-state index < -0.39 is 5.97 Å². The third-order valence-electron chi connectivity index (χ3n) is 2.31. The van der Waals surface area contributed by atoms with Crippen molar-refractivity contribution in [1.29, 1.82) is 0 Å². The molecule has 96 valence electrons. The van der Waals surface area contributed by atoms with Crippen LogP contribution in [0.5, 0.6) is 0 Å². The van der Waals surface area contributed by atoms with E-state index in [-0.39, 0.29) is 11.7 Å². The van der Waals surface area contributed by atoms with Crippen molar-refractivity contribution in [3.05, 3.63) is 66.2 Å². The van der Waals surface area contributed by atoms with Gasteiger partial charge in [0.2, 0.25) is 5.12 Å². The van der Waals surface area contributed by atoms with Crippen molar-refractivity contribution in [2.24, 2.45) is 0 Å². The molecule has 0 heterocycles. The topological polar surface area (TPSA) is 43.4 Å². The molecule has 0 N–H and O–H groups in total. The average molecular weight is 272 g/mol. The van der Waals surface area contributed by atoms with Gasteiger partial charge in [0.15, 0.2) is 6.61 Å². The molecule has 0 aliphatic heterocycles. The van der Waals surface area contributed by atoms with Crippen molar-refractivity contribution in [3.63, 3.8) is 0 Å². The molecule has 4 heteroatoms. The summed E-state index contributed by atoms with van der Waals surface area (Å²) >= 11 is 1.06. The smallest absolute Gasteiger partial charge is 0.338 e. The van der Waals surface area contributed by atoms with E-state index in [1.165, 1.54) is 0 Å². The summed E-state index contributed by atoms with van der Waals surface area (Å²) in [5.41, 5.74) is 0.444. The van der Waals surface area contributed by atoms with Crippen LogP contribution in [0.2, 0.25) is 0 Å². The molecule has 0 saturated heterocycles. The van der Waals surface area contributed by atoms with Gasteiger partial charge in [-0.2, -0.15) is 0 Å². The molecule has 0 unspecified atom stereocenters. The van der Waals surface area contributed by atoms with Crippen molar-refractivity contribution in [2.45, 2.75) is 4.90 Å². The Hall–Kier alpha value is -2.07. The molecule has 2 aromatic rings. The monoisotopic (exact) mass is 272 g/mol. The van der Waals surface area contributed by atoms with Crippen LogP contribution in [0.4, 0.5) is 0 Å². The molecule has 0 atom stereocenters. The quantitative estimate of drug-likeness (QED) is 0.633. The highest BCUT2D eigenvalue weighted by Crippen LogP contribution is 2.18. The maximum absolute atomic E-state index is 11.6. The summed E-state index contributed by atoms with van der Waals surface area (Å²) in [6, 6.07) is 17.9. The molecule has 0 aromatic heterocycles. The van der Waals surface area contributed by atoms with E-state index in [1.807, 2.05) is 36.4 Å². The van der Waals surface area contributed by atoms with E-state index in [2.05, 4.69) is 0 Å². The lowest BCUT2D eigenvalue weighted by molar-refractivity contribution is -0.113. The summed E-state index contributed by atoms with van der Waals surface area (Å²) in [5, 5.41) is -0.199. The molecule has 0 fully saturated rings. The van der Waals surface area contributed by atoms with Gasteiger partial charge in [-0.1, -0.05) is 36.4 Å². The van der Waals surface area contributed by atoms with Gasteiger partial charge in [0.25, 0.3) is 0 Å². The first kappa shape index (κ1) is 13.4. The fraction of sp³-hybridized carbons (Fsp3) is 0.0667. The van der Waals surface area contributed by atoms with E-state index in [1.54, 1.807) is 24.3 Å². The highest BCUT2D eigenvalue weighted by Gasteiger charge is 2.10.